The van der Waals surface area contributed by atoms with Crippen LogP contribution in [0.1, 0.15) is 76.2 Å². The maximum absolute atomic E-state index is 14.7. The van der Waals surface area contributed by atoms with E-state index in [0.717, 1.165) is 29.5 Å². The number of rotatable bonds is 11. The van der Waals surface area contributed by atoms with Gasteiger partial charge in [-0.1, -0.05) is 41.9 Å². The molecule has 5 N–H and O–H groups in total. The average Bonchev–Trinajstić information content (AvgIpc) is 3.56. The number of aromatic nitrogens is 2. The predicted molar refractivity (Wildman–Crippen MR) is 199 cm³/mol. The van der Waals surface area contributed by atoms with Gasteiger partial charge >= 0.3 is 6.09 Å². The second kappa shape index (κ2) is 16.6. The summed E-state index contributed by atoms with van der Waals surface area (Å²) in [7, 11) is 0. The third-order valence-corrected chi connectivity index (χ3v) is 9.23. The van der Waals surface area contributed by atoms with Crippen LogP contribution in [0.3, 0.4) is 0 Å². The lowest BCUT2D eigenvalue weighted by molar-refractivity contribution is -0.130. The van der Waals surface area contributed by atoms with Gasteiger partial charge in [0.2, 0.25) is 11.8 Å². The number of anilines is 1. The van der Waals surface area contributed by atoms with E-state index in [1.54, 1.807) is 24.3 Å². The number of alkyl carbamates (subject to hydrolysis) is 1. The minimum Gasteiger partial charge on any atom is -0.444 e. The fraction of sp³-hybridized carbons (Fsp3) is 0.410. The van der Waals surface area contributed by atoms with E-state index in [1.165, 1.54) is 12.3 Å². The summed E-state index contributed by atoms with van der Waals surface area (Å²) in [5, 5.41) is 18.7. The molecule has 1 aliphatic carbocycles. The summed E-state index contributed by atoms with van der Waals surface area (Å²) in [4.78, 5) is 51.9. The molecule has 13 heteroatoms. The summed E-state index contributed by atoms with van der Waals surface area (Å²) in [6.45, 7) is 9.66. The van der Waals surface area contributed by atoms with Crippen molar-refractivity contribution in [3.8, 4) is 11.1 Å². The van der Waals surface area contributed by atoms with Gasteiger partial charge in [-0.3, -0.25) is 19.5 Å². The molecule has 0 saturated heterocycles. The van der Waals surface area contributed by atoms with Crippen LogP contribution in [0.4, 0.5) is 14.9 Å². The number of nitrogens with one attached hydrogen (secondary N) is 5. The van der Waals surface area contributed by atoms with Crippen LogP contribution in [0.25, 0.3) is 22.0 Å². The Kier molecular flexibility index (Phi) is 12.2. The maximum Gasteiger partial charge on any atom is 0.407 e. The Balaban J connectivity index is 1.27. The van der Waals surface area contributed by atoms with Crippen molar-refractivity contribution in [3.63, 3.8) is 0 Å². The average molecular weight is 733 g/mol. The Morgan fingerprint density at radius 3 is 2.35 bits per heavy atom. The van der Waals surface area contributed by atoms with Crippen molar-refractivity contribution in [2.75, 3.05) is 11.9 Å². The van der Waals surface area contributed by atoms with E-state index in [0.29, 0.717) is 40.9 Å². The molecule has 0 bridgehead atoms. The van der Waals surface area contributed by atoms with Crippen LogP contribution in [0.2, 0.25) is 5.02 Å². The number of aromatic amines is 1. The number of nitrogens with zero attached hydrogens (tertiary/aromatic N) is 1. The Labute approximate surface area is 307 Å². The van der Waals surface area contributed by atoms with Crippen molar-refractivity contribution >= 4 is 52.0 Å². The summed E-state index contributed by atoms with van der Waals surface area (Å²) < 4.78 is 20.0. The molecular weight excluding hydrogens is 687 g/mol. The lowest BCUT2D eigenvalue weighted by Crippen LogP contribution is -2.48. The summed E-state index contributed by atoms with van der Waals surface area (Å²) in [5.74, 6) is -1.57. The van der Waals surface area contributed by atoms with Gasteiger partial charge in [-0.05, 0) is 102 Å². The third kappa shape index (κ3) is 10.3. The number of carbonyl (C=O) groups is 4. The molecule has 0 unspecified atom stereocenters. The van der Waals surface area contributed by atoms with E-state index in [1.807, 2.05) is 58.9 Å². The van der Waals surface area contributed by atoms with Crippen molar-refractivity contribution in [3.05, 3.63) is 82.8 Å². The predicted octanol–water partition coefficient (Wildman–Crippen LogP) is 7.16. The van der Waals surface area contributed by atoms with Gasteiger partial charge in [-0.25, -0.2) is 9.18 Å². The second-order valence-electron chi connectivity index (χ2n) is 14.7. The zero-order chi connectivity index (χ0) is 37.6. The van der Waals surface area contributed by atoms with Crippen LogP contribution in [0.5, 0.6) is 0 Å². The second-order valence-corrected chi connectivity index (χ2v) is 15.1. The van der Waals surface area contributed by atoms with Gasteiger partial charge in [0.05, 0.1) is 17.1 Å². The molecule has 5 rings (SSSR count). The van der Waals surface area contributed by atoms with Crippen molar-refractivity contribution in [1.82, 2.24) is 26.1 Å². The van der Waals surface area contributed by atoms with Crippen molar-refractivity contribution in [1.29, 1.82) is 0 Å². The number of carbonyl (C=O) groups excluding carboxylic acids is 4. The molecule has 4 aromatic rings. The number of amides is 4. The smallest absolute Gasteiger partial charge is 0.407 e. The molecule has 3 aromatic carbocycles. The van der Waals surface area contributed by atoms with E-state index >= 15 is 0 Å². The zero-order valence-electron chi connectivity index (χ0n) is 30.1. The molecule has 276 valence electrons. The van der Waals surface area contributed by atoms with E-state index in [-0.39, 0.29) is 41.8 Å². The highest BCUT2D eigenvalue weighted by molar-refractivity contribution is 6.33. The number of halogens is 2. The molecule has 11 nitrogen and oxygen atoms in total. The highest BCUT2D eigenvalue weighted by atomic mass is 35.5. The highest BCUT2D eigenvalue weighted by Crippen LogP contribution is 2.31. The fourth-order valence-corrected chi connectivity index (χ4v) is 6.56. The van der Waals surface area contributed by atoms with Crippen molar-refractivity contribution in [2.24, 2.45) is 11.8 Å². The fourth-order valence-electron chi connectivity index (χ4n) is 6.27. The molecular formula is C39H46ClFN6O5. The monoisotopic (exact) mass is 732 g/mol. The molecule has 1 aromatic heterocycles. The van der Waals surface area contributed by atoms with E-state index in [4.69, 9.17) is 16.3 Å². The molecule has 4 amide bonds. The molecule has 0 spiro atoms. The number of hydrogen-bond acceptors (Lipinski definition) is 6. The zero-order valence-corrected chi connectivity index (χ0v) is 30.8. The highest BCUT2D eigenvalue weighted by Gasteiger charge is 2.30. The van der Waals surface area contributed by atoms with Gasteiger partial charge in [0.15, 0.2) is 0 Å². The molecule has 1 aliphatic rings. The lowest BCUT2D eigenvalue weighted by atomic mass is 9.81. The topological polar surface area (TPSA) is 154 Å². The van der Waals surface area contributed by atoms with Crippen LogP contribution in [-0.4, -0.2) is 58.2 Å². The standard InChI is InChI=1S/C39H46ClFN6O5/c1-22(2)44-36(49)27-14-15-29(31(40)17-27)25-10-6-23(7-11-25)16-34(37(50)45-28-18-32(41)30-21-43-47-33(30)19-28)46-35(48)26-12-8-24(9-13-26)20-42-38(51)52-39(3,4)5/h6-7,10-11,14-15,17-19,21-22,24,26,34H,8-9,12-13,16,20H2,1-5H3,(H,42,51)(H,43,47)(H,44,49)(H,45,50)(H,46,48)/t24?,26?,34-/m0/s1. The molecule has 52 heavy (non-hydrogen) atoms. The summed E-state index contributed by atoms with van der Waals surface area (Å²) in [6, 6.07) is 14.4. The quantitative estimate of drug-likeness (QED) is 0.110. The summed E-state index contributed by atoms with van der Waals surface area (Å²) in [5.41, 5.74) is 2.87. The SMILES string of the molecule is CC(C)NC(=O)c1ccc(-c2ccc(C[C@H](NC(=O)C3CCC(CNC(=O)OC(C)(C)C)CC3)C(=O)Nc3cc(F)c4cn[nH]c4c3)cc2)c(Cl)c1. The molecule has 1 heterocycles. The van der Waals surface area contributed by atoms with E-state index in [9.17, 15) is 23.6 Å². The van der Waals surface area contributed by atoms with Crippen LogP contribution in [-0.2, 0) is 20.7 Å². The van der Waals surface area contributed by atoms with Gasteiger partial charge in [0.25, 0.3) is 5.91 Å². The van der Waals surface area contributed by atoms with E-state index < -0.39 is 29.5 Å². The van der Waals surface area contributed by atoms with Crippen LogP contribution in [0, 0.1) is 17.7 Å². The number of fused-ring (bicyclic) bond motifs is 1. The molecule has 1 saturated carbocycles. The van der Waals surface area contributed by atoms with Crippen molar-refractivity contribution in [2.45, 2.75) is 84.4 Å². The number of benzene rings is 3. The van der Waals surface area contributed by atoms with Crippen molar-refractivity contribution < 1.29 is 28.3 Å². The van der Waals surface area contributed by atoms with Crippen LogP contribution >= 0.6 is 11.6 Å². The van der Waals surface area contributed by atoms with Gasteiger partial charge in [0, 0.05) is 46.8 Å². The van der Waals surface area contributed by atoms with Gasteiger partial charge in [-0.2, -0.15) is 5.10 Å². The van der Waals surface area contributed by atoms with Gasteiger partial charge < -0.3 is 26.0 Å². The summed E-state index contributed by atoms with van der Waals surface area (Å²) >= 11 is 6.58. The lowest BCUT2D eigenvalue weighted by Gasteiger charge is -2.29. The normalized spacial score (nSPS) is 16.6. The van der Waals surface area contributed by atoms with Gasteiger partial charge in [0.1, 0.15) is 17.5 Å². The number of H-pyrrole nitrogens is 1. The molecule has 0 radical (unpaired) electrons. The summed E-state index contributed by atoms with van der Waals surface area (Å²) in [6.07, 6.45) is 3.77. The minimum atomic E-state index is -0.965. The number of hydrogen-bond donors (Lipinski definition) is 5. The van der Waals surface area contributed by atoms with Crippen LogP contribution in [0.15, 0.2) is 60.8 Å². The maximum atomic E-state index is 14.7. The Hall–Kier alpha value is -4.97. The molecule has 1 atom stereocenters. The number of ether oxygens (including phenoxy) is 1. The molecule has 1 fully saturated rings. The van der Waals surface area contributed by atoms with Gasteiger partial charge in [-0.15, -0.1) is 0 Å². The largest absolute Gasteiger partial charge is 0.444 e. The Bertz CT molecular complexity index is 1910. The Morgan fingerprint density at radius 1 is 0.981 bits per heavy atom. The first-order valence-electron chi connectivity index (χ1n) is 17.6. The third-order valence-electron chi connectivity index (χ3n) is 8.92. The first-order valence-corrected chi connectivity index (χ1v) is 17.9. The minimum absolute atomic E-state index is 0.00909. The first kappa shape index (κ1) is 38.3. The Morgan fingerprint density at radius 2 is 1.69 bits per heavy atom. The first-order chi connectivity index (χ1) is 24.6. The molecule has 0 aliphatic heterocycles. The van der Waals surface area contributed by atoms with E-state index in [2.05, 4.69) is 31.5 Å². The van der Waals surface area contributed by atoms with Crippen LogP contribution < -0.4 is 21.3 Å².